The molecule has 2 heterocycles. The van der Waals surface area contributed by atoms with Crippen LogP contribution in [-0.2, 0) is 4.74 Å². The van der Waals surface area contributed by atoms with E-state index in [4.69, 9.17) is 10.5 Å². The summed E-state index contributed by atoms with van der Waals surface area (Å²) in [4.78, 5) is 30.1. The van der Waals surface area contributed by atoms with Crippen molar-refractivity contribution in [2.45, 2.75) is 0 Å². The summed E-state index contributed by atoms with van der Waals surface area (Å²) >= 11 is 0. The van der Waals surface area contributed by atoms with Gasteiger partial charge < -0.3 is 20.7 Å². The molecule has 1 saturated heterocycles. The van der Waals surface area contributed by atoms with E-state index in [1.54, 1.807) is 42.6 Å². The van der Waals surface area contributed by atoms with E-state index in [9.17, 15) is 9.59 Å². The highest BCUT2D eigenvalue weighted by Gasteiger charge is 2.19. The zero-order valence-corrected chi connectivity index (χ0v) is 13.1. The number of hydrogen-bond donors (Lipinski definition) is 2. The van der Waals surface area contributed by atoms with Crippen LogP contribution in [0.3, 0.4) is 0 Å². The second-order valence-electron chi connectivity index (χ2n) is 5.37. The van der Waals surface area contributed by atoms with Gasteiger partial charge in [0.25, 0.3) is 5.91 Å². The van der Waals surface area contributed by atoms with Gasteiger partial charge in [-0.3, -0.25) is 9.59 Å². The van der Waals surface area contributed by atoms with E-state index in [0.29, 0.717) is 48.9 Å². The minimum atomic E-state index is -0.505. The van der Waals surface area contributed by atoms with Crippen molar-refractivity contribution >= 4 is 23.3 Å². The first-order chi connectivity index (χ1) is 11.6. The fourth-order valence-corrected chi connectivity index (χ4v) is 2.52. The van der Waals surface area contributed by atoms with Crippen LogP contribution < -0.4 is 16.0 Å². The Morgan fingerprint density at radius 2 is 1.83 bits per heavy atom. The first kappa shape index (κ1) is 15.9. The maximum atomic E-state index is 12.6. The second-order valence-corrected chi connectivity index (χ2v) is 5.37. The third-order valence-corrected chi connectivity index (χ3v) is 3.77. The number of carbonyl (C=O) groups excluding carboxylic acids is 2. The summed E-state index contributed by atoms with van der Waals surface area (Å²) in [6.07, 6.45) is 1.67. The summed E-state index contributed by atoms with van der Waals surface area (Å²) in [5.74, 6) is -0.113. The molecular formula is C17H18N4O3. The van der Waals surface area contributed by atoms with E-state index >= 15 is 0 Å². The number of amides is 2. The van der Waals surface area contributed by atoms with Crippen LogP contribution in [0.15, 0.2) is 42.6 Å². The zero-order chi connectivity index (χ0) is 16.9. The van der Waals surface area contributed by atoms with Crippen LogP contribution in [0, 0.1) is 0 Å². The highest BCUT2D eigenvalue weighted by molar-refractivity contribution is 6.07. The molecule has 2 amide bonds. The lowest BCUT2D eigenvalue weighted by atomic mass is 10.1. The monoisotopic (exact) mass is 326 g/mol. The lowest BCUT2D eigenvalue weighted by Gasteiger charge is -2.29. The van der Waals surface area contributed by atoms with Gasteiger partial charge in [0, 0.05) is 30.5 Å². The van der Waals surface area contributed by atoms with Crippen molar-refractivity contribution in [2.24, 2.45) is 5.73 Å². The molecule has 1 aromatic carbocycles. The lowest BCUT2D eigenvalue weighted by molar-refractivity contribution is 0.0998. The molecule has 1 aliphatic rings. The van der Waals surface area contributed by atoms with Crippen molar-refractivity contribution in [1.29, 1.82) is 0 Å². The topological polar surface area (TPSA) is 97.5 Å². The zero-order valence-electron chi connectivity index (χ0n) is 13.1. The molecule has 0 aliphatic carbocycles. The largest absolute Gasteiger partial charge is 0.378 e. The number of primary amides is 1. The molecule has 24 heavy (non-hydrogen) atoms. The van der Waals surface area contributed by atoms with Gasteiger partial charge in [-0.1, -0.05) is 0 Å². The maximum absolute atomic E-state index is 12.6. The Morgan fingerprint density at radius 1 is 1.12 bits per heavy atom. The average molecular weight is 326 g/mol. The number of ether oxygens (including phenoxy) is 1. The van der Waals surface area contributed by atoms with E-state index in [-0.39, 0.29) is 5.91 Å². The van der Waals surface area contributed by atoms with Crippen LogP contribution in [-0.4, -0.2) is 43.1 Å². The van der Waals surface area contributed by atoms with Crippen molar-refractivity contribution in [2.75, 3.05) is 36.5 Å². The molecular weight excluding hydrogens is 308 g/mol. The number of nitrogens with two attached hydrogens (primary N) is 1. The number of aromatic nitrogens is 1. The number of morpholine rings is 1. The number of pyridine rings is 1. The fourth-order valence-electron chi connectivity index (χ4n) is 2.52. The molecule has 2 aromatic rings. The number of nitrogens with one attached hydrogen (secondary N) is 1. The van der Waals surface area contributed by atoms with Crippen LogP contribution in [0.5, 0.6) is 0 Å². The maximum Gasteiger partial charge on any atom is 0.259 e. The summed E-state index contributed by atoms with van der Waals surface area (Å²) in [5.41, 5.74) is 6.68. The Balaban J connectivity index is 1.78. The fraction of sp³-hybridized carbons (Fsp3) is 0.235. The van der Waals surface area contributed by atoms with Crippen LogP contribution in [0.2, 0.25) is 0 Å². The Bertz CT molecular complexity index is 740. The number of rotatable bonds is 4. The minimum Gasteiger partial charge on any atom is -0.378 e. The molecule has 0 bridgehead atoms. The SMILES string of the molecule is NC(=O)c1ccc(NC(=O)c2cccnc2N2CCOCC2)cc1. The third-order valence-electron chi connectivity index (χ3n) is 3.77. The van der Waals surface area contributed by atoms with E-state index in [1.807, 2.05) is 4.90 Å². The van der Waals surface area contributed by atoms with Crippen molar-refractivity contribution in [3.63, 3.8) is 0 Å². The number of nitrogens with zero attached hydrogens (tertiary/aromatic N) is 2. The minimum absolute atomic E-state index is 0.253. The van der Waals surface area contributed by atoms with Crippen LogP contribution in [0.4, 0.5) is 11.5 Å². The summed E-state index contributed by atoms with van der Waals surface area (Å²) in [6, 6.07) is 9.90. The smallest absolute Gasteiger partial charge is 0.259 e. The van der Waals surface area contributed by atoms with Gasteiger partial charge in [0.2, 0.25) is 5.91 Å². The summed E-state index contributed by atoms with van der Waals surface area (Å²) in [7, 11) is 0. The molecule has 3 rings (SSSR count). The predicted molar refractivity (Wildman–Crippen MR) is 90.2 cm³/mol. The molecule has 0 unspecified atom stereocenters. The summed E-state index contributed by atoms with van der Waals surface area (Å²) in [5, 5.41) is 2.81. The van der Waals surface area contributed by atoms with E-state index in [0.717, 1.165) is 0 Å². The van der Waals surface area contributed by atoms with Crippen LogP contribution in [0.25, 0.3) is 0 Å². The van der Waals surface area contributed by atoms with Gasteiger partial charge in [-0.05, 0) is 36.4 Å². The standard InChI is InChI=1S/C17H18N4O3/c18-15(22)12-3-5-13(6-4-12)20-17(23)14-2-1-7-19-16(14)21-8-10-24-11-9-21/h1-7H,8-11H2,(H2,18,22)(H,20,23). The van der Waals surface area contributed by atoms with Gasteiger partial charge in [-0.2, -0.15) is 0 Å². The molecule has 7 heteroatoms. The third kappa shape index (κ3) is 3.52. The van der Waals surface area contributed by atoms with Gasteiger partial charge in [0.15, 0.2) is 0 Å². The van der Waals surface area contributed by atoms with Crippen molar-refractivity contribution in [3.05, 3.63) is 53.7 Å². The molecule has 1 aromatic heterocycles. The molecule has 1 aliphatic heterocycles. The number of anilines is 2. The lowest BCUT2D eigenvalue weighted by Crippen LogP contribution is -2.38. The number of benzene rings is 1. The van der Waals surface area contributed by atoms with E-state index < -0.39 is 5.91 Å². The average Bonchev–Trinajstić information content (AvgIpc) is 2.63. The van der Waals surface area contributed by atoms with Gasteiger partial charge in [-0.25, -0.2) is 4.98 Å². The number of carbonyl (C=O) groups is 2. The quantitative estimate of drug-likeness (QED) is 0.882. The molecule has 7 nitrogen and oxygen atoms in total. The van der Waals surface area contributed by atoms with Crippen molar-refractivity contribution < 1.29 is 14.3 Å². The molecule has 0 saturated carbocycles. The Morgan fingerprint density at radius 3 is 2.50 bits per heavy atom. The number of hydrogen-bond acceptors (Lipinski definition) is 5. The van der Waals surface area contributed by atoms with Gasteiger partial charge in [0.1, 0.15) is 5.82 Å². The van der Waals surface area contributed by atoms with Crippen LogP contribution >= 0.6 is 0 Å². The predicted octanol–water partition coefficient (Wildman–Crippen LogP) is 1.27. The molecule has 124 valence electrons. The molecule has 0 spiro atoms. The van der Waals surface area contributed by atoms with Crippen LogP contribution in [0.1, 0.15) is 20.7 Å². The molecule has 1 fully saturated rings. The Labute approximate surface area is 139 Å². The Hall–Kier alpha value is -2.93. The molecule has 3 N–H and O–H groups in total. The van der Waals surface area contributed by atoms with Gasteiger partial charge >= 0.3 is 0 Å². The van der Waals surface area contributed by atoms with Gasteiger partial charge in [-0.15, -0.1) is 0 Å². The first-order valence-corrected chi connectivity index (χ1v) is 7.64. The molecule has 0 atom stereocenters. The summed E-state index contributed by atoms with van der Waals surface area (Å²) in [6.45, 7) is 2.63. The summed E-state index contributed by atoms with van der Waals surface area (Å²) < 4.78 is 5.34. The van der Waals surface area contributed by atoms with E-state index in [1.165, 1.54) is 0 Å². The molecule has 0 radical (unpaired) electrons. The van der Waals surface area contributed by atoms with Gasteiger partial charge in [0.05, 0.1) is 18.8 Å². The second kappa shape index (κ2) is 7.10. The first-order valence-electron chi connectivity index (χ1n) is 7.64. The van der Waals surface area contributed by atoms with E-state index in [2.05, 4.69) is 10.3 Å². The van der Waals surface area contributed by atoms with Crippen molar-refractivity contribution in [3.8, 4) is 0 Å². The highest BCUT2D eigenvalue weighted by Crippen LogP contribution is 2.20. The highest BCUT2D eigenvalue weighted by atomic mass is 16.5. The van der Waals surface area contributed by atoms with Crippen molar-refractivity contribution in [1.82, 2.24) is 4.98 Å². The Kier molecular flexibility index (Phi) is 4.72. The normalized spacial score (nSPS) is 14.2.